The highest BCUT2D eigenvalue weighted by atomic mass is 35.5. The van der Waals surface area contributed by atoms with E-state index in [0.29, 0.717) is 5.69 Å². The maximum Gasteiger partial charge on any atom is 0.299 e. The third-order valence-electron chi connectivity index (χ3n) is 2.71. The van der Waals surface area contributed by atoms with E-state index in [1.54, 1.807) is 6.07 Å². The minimum atomic E-state index is -0.609. The van der Waals surface area contributed by atoms with E-state index >= 15 is 0 Å². The number of benzene rings is 1. The molecule has 1 aromatic heterocycles. The van der Waals surface area contributed by atoms with Crippen molar-refractivity contribution in [2.45, 2.75) is 0 Å². The lowest BCUT2D eigenvalue weighted by atomic mass is 10.2. The van der Waals surface area contributed by atoms with E-state index in [1.165, 1.54) is 6.07 Å². The van der Waals surface area contributed by atoms with Gasteiger partial charge in [0.25, 0.3) is 11.6 Å². The minimum Gasteiger partial charge on any atom is -0.378 e. The predicted octanol–water partition coefficient (Wildman–Crippen LogP) is 3.63. The molecule has 1 aromatic carbocycles. The van der Waals surface area contributed by atoms with Crippen LogP contribution in [0, 0.1) is 10.1 Å². The molecule has 0 radical (unpaired) electrons. The summed E-state index contributed by atoms with van der Waals surface area (Å²) in [6.07, 6.45) is 0. The Kier molecular flexibility index (Phi) is 4.44. The summed E-state index contributed by atoms with van der Waals surface area (Å²) >= 11 is 6.63. The van der Waals surface area contributed by atoms with Crippen LogP contribution >= 0.6 is 22.9 Å². The SMILES string of the molecule is CN(C)c1cccc(NC(=O)c2cc([N+](=O)[O-])c(Cl)s2)c1. The van der Waals surface area contributed by atoms with E-state index in [1.807, 2.05) is 37.2 Å². The van der Waals surface area contributed by atoms with Gasteiger partial charge in [-0.1, -0.05) is 17.7 Å². The molecule has 6 nitrogen and oxygen atoms in total. The maximum absolute atomic E-state index is 12.1. The Morgan fingerprint density at radius 1 is 1.38 bits per heavy atom. The third kappa shape index (κ3) is 3.50. The maximum atomic E-state index is 12.1. The van der Waals surface area contributed by atoms with Gasteiger partial charge in [0.05, 0.1) is 4.92 Å². The van der Waals surface area contributed by atoms with Gasteiger partial charge in [-0.15, -0.1) is 11.3 Å². The molecule has 1 amide bonds. The monoisotopic (exact) mass is 325 g/mol. The van der Waals surface area contributed by atoms with Gasteiger partial charge >= 0.3 is 0 Å². The number of nitrogens with one attached hydrogen (secondary N) is 1. The van der Waals surface area contributed by atoms with Crippen molar-refractivity contribution < 1.29 is 9.72 Å². The second-order valence-corrected chi connectivity index (χ2v) is 6.08. The fraction of sp³-hybridized carbons (Fsp3) is 0.154. The van der Waals surface area contributed by atoms with Crippen LogP contribution in [0.25, 0.3) is 0 Å². The molecule has 0 fully saturated rings. The fourth-order valence-corrected chi connectivity index (χ4v) is 2.77. The van der Waals surface area contributed by atoms with Gasteiger partial charge < -0.3 is 10.2 Å². The Balaban J connectivity index is 2.20. The summed E-state index contributed by atoms with van der Waals surface area (Å²) in [5.41, 5.74) is 1.29. The molecule has 110 valence electrons. The Hall–Kier alpha value is -2.12. The summed E-state index contributed by atoms with van der Waals surface area (Å²) in [5, 5.41) is 13.4. The highest BCUT2D eigenvalue weighted by Gasteiger charge is 2.21. The van der Waals surface area contributed by atoms with Gasteiger partial charge in [0.1, 0.15) is 4.88 Å². The molecule has 2 rings (SSSR count). The van der Waals surface area contributed by atoms with Crippen molar-refractivity contribution in [3.05, 3.63) is 49.7 Å². The van der Waals surface area contributed by atoms with Crippen molar-refractivity contribution in [1.82, 2.24) is 0 Å². The lowest BCUT2D eigenvalue weighted by molar-refractivity contribution is -0.384. The van der Waals surface area contributed by atoms with Gasteiger partial charge in [-0.05, 0) is 18.2 Å². The summed E-state index contributed by atoms with van der Waals surface area (Å²) in [6.45, 7) is 0. The van der Waals surface area contributed by atoms with Gasteiger partial charge in [-0.2, -0.15) is 0 Å². The zero-order valence-electron chi connectivity index (χ0n) is 11.3. The molecule has 21 heavy (non-hydrogen) atoms. The molecule has 0 saturated heterocycles. The number of carbonyl (C=O) groups excluding carboxylic acids is 1. The van der Waals surface area contributed by atoms with Crippen molar-refractivity contribution in [2.24, 2.45) is 0 Å². The summed E-state index contributed by atoms with van der Waals surface area (Å²) in [7, 11) is 3.78. The minimum absolute atomic E-state index is 0.00723. The summed E-state index contributed by atoms with van der Waals surface area (Å²) in [4.78, 5) is 24.3. The van der Waals surface area contributed by atoms with E-state index in [0.717, 1.165) is 17.0 Å². The molecule has 0 aliphatic rings. The summed E-state index contributed by atoms with van der Waals surface area (Å²) in [5.74, 6) is -0.425. The van der Waals surface area contributed by atoms with Gasteiger partial charge in [-0.3, -0.25) is 14.9 Å². The van der Waals surface area contributed by atoms with E-state index in [4.69, 9.17) is 11.6 Å². The Morgan fingerprint density at radius 3 is 2.67 bits per heavy atom. The van der Waals surface area contributed by atoms with Crippen LogP contribution in [0.4, 0.5) is 17.1 Å². The van der Waals surface area contributed by atoms with Gasteiger partial charge in [0, 0.05) is 31.5 Å². The topological polar surface area (TPSA) is 75.5 Å². The Bertz CT molecular complexity index is 700. The molecule has 0 unspecified atom stereocenters. The molecule has 0 saturated carbocycles. The molecule has 0 bridgehead atoms. The predicted molar refractivity (Wildman–Crippen MR) is 84.7 cm³/mol. The normalized spacial score (nSPS) is 10.2. The number of rotatable bonds is 4. The average molecular weight is 326 g/mol. The summed E-state index contributed by atoms with van der Waals surface area (Å²) < 4.78 is -0.00723. The summed E-state index contributed by atoms with van der Waals surface area (Å²) in [6, 6.07) is 8.45. The first-order valence-electron chi connectivity index (χ1n) is 5.91. The van der Waals surface area contributed by atoms with Crippen molar-refractivity contribution >= 4 is 45.9 Å². The highest BCUT2D eigenvalue weighted by molar-refractivity contribution is 7.18. The first-order valence-corrected chi connectivity index (χ1v) is 7.10. The van der Waals surface area contributed by atoms with Gasteiger partial charge in [0.2, 0.25) is 0 Å². The van der Waals surface area contributed by atoms with Crippen LogP contribution in [0.1, 0.15) is 9.67 Å². The van der Waals surface area contributed by atoms with Crippen LogP contribution in [0.15, 0.2) is 30.3 Å². The van der Waals surface area contributed by atoms with E-state index in [2.05, 4.69) is 5.32 Å². The second-order valence-electron chi connectivity index (χ2n) is 4.43. The zero-order chi connectivity index (χ0) is 15.6. The molecule has 2 aromatic rings. The van der Waals surface area contributed by atoms with Crippen molar-refractivity contribution in [3.63, 3.8) is 0 Å². The molecular formula is C13H12ClN3O3S. The number of nitro groups is 1. The van der Waals surface area contributed by atoms with Crippen LogP contribution in [-0.2, 0) is 0 Å². The van der Waals surface area contributed by atoms with E-state index in [9.17, 15) is 14.9 Å². The Labute approximate surface area is 130 Å². The van der Waals surface area contributed by atoms with Crippen LogP contribution in [0.3, 0.4) is 0 Å². The molecule has 0 atom stereocenters. The number of nitrogens with zero attached hydrogens (tertiary/aromatic N) is 2. The molecule has 0 spiro atoms. The van der Waals surface area contributed by atoms with Crippen LogP contribution < -0.4 is 10.2 Å². The molecule has 1 N–H and O–H groups in total. The fourth-order valence-electron chi connectivity index (χ4n) is 1.65. The molecule has 0 aliphatic carbocycles. The molecular weight excluding hydrogens is 314 g/mol. The van der Waals surface area contributed by atoms with Crippen molar-refractivity contribution in [2.75, 3.05) is 24.3 Å². The first-order chi connectivity index (χ1) is 9.88. The number of hydrogen-bond acceptors (Lipinski definition) is 5. The van der Waals surface area contributed by atoms with Crippen LogP contribution in [0.5, 0.6) is 0 Å². The zero-order valence-corrected chi connectivity index (χ0v) is 12.9. The number of anilines is 2. The van der Waals surface area contributed by atoms with Gasteiger partial charge in [-0.25, -0.2) is 0 Å². The second kappa shape index (κ2) is 6.11. The largest absolute Gasteiger partial charge is 0.378 e. The lowest BCUT2D eigenvalue weighted by Crippen LogP contribution is -2.12. The molecule has 8 heteroatoms. The van der Waals surface area contributed by atoms with E-state index in [-0.39, 0.29) is 14.9 Å². The number of halogens is 1. The number of amides is 1. The first kappa shape index (κ1) is 15.3. The highest BCUT2D eigenvalue weighted by Crippen LogP contribution is 2.34. The number of carbonyl (C=O) groups is 1. The van der Waals surface area contributed by atoms with E-state index < -0.39 is 10.8 Å². The molecule has 1 heterocycles. The number of hydrogen-bond donors (Lipinski definition) is 1. The van der Waals surface area contributed by atoms with Crippen molar-refractivity contribution in [1.29, 1.82) is 0 Å². The van der Waals surface area contributed by atoms with Crippen LogP contribution in [-0.4, -0.2) is 24.9 Å². The average Bonchev–Trinajstić information content (AvgIpc) is 2.81. The van der Waals surface area contributed by atoms with Gasteiger partial charge in [0.15, 0.2) is 4.34 Å². The third-order valence-corrected chi connectivity index (χ3v) is 4.05. The number of thiophene rings is 1. The quantitative estimate of drug-likeness (QED) is 0.688. The lowest BCUT2D eigenvalue weighted by Gasteiger charge is -2.13. The smallest absolute Gasteiger partial charge is 0.299 e. The molecule has 0 aliphatic heterocycles. The Morgan fingerprint density at radius 2 is 2.10 bits per heavy atom. The standard InChI is InChI=1S/C13H12ClN3O3S/c1-16(2)9-5-3-4-8(6-9)15-13(18)11-7-10(17(19)20)12(14)21-11/h3-7H,1-2H3,(H,15,18). The van der Waals surface area contributed by atoms with Crippen molar-refractivity contribution in [3.8, 4) is 0 Å². The van der Waals surface area contributed by atoms with Crippen LogP contribution in [0.2, 0.25) is 4.34 Å².